The standard InChI is InChI=1S/C23H33NO5/c1-5-24(6-2)18-14-15-19(20(25)16-18)23(27,17-12-10-9-11-13-17)21(26)22(28-7-3)29-8-4/h9-16,21-22,25-27H,5-8H2,1-4H3. The Morgan fingerprint density at radius 2 is 1.52 bits per heavy atom. The van der Waals surface area contributed by atoms with Crippen LogP contribution in [0.15, 0.2) is 48.5 Å². The van der Waals surface area contributed by atoms with Crippen LogP contribution < -0.4 is 4.90 Å². The third-order valence-corrected chi connectivity index (χ3v) is 5.08. The summed E-state index contributed by atoms with van der Waals surface area (Å²) in [5.74, 6) is -0.105. The second-order valence-corrected chi connectivity index (χ2v) is 6.73. The van der Waals surface area contributed by atoms with Crippen molar-refractivity contribution in [3.05, 3.63) is 59.7 Å². The molecule has 0 saturated carbocycles. The summed E-state index contributed by atoms with van der Waals surface area (Å²) in [7, 11) is 0. The van der Waals surface area contributed by atoms with Gasteiger partial charge in [0.15, 0.2) is 6.29 Å². The molecule has 0 bridgehead atoms. The first-order valence-electron chi connectivity index (χ1n) is 10.2. The lowest BCUT2D eigenvalue weighted by atomic mass is 9.80. The molecule has 0 aliphatic carbocycles. The van der Waals surface area contributed by atoms with E-state index in [9.17, 15) is 15.3 Å². The molecule has 0 amide bonds. The monoisotopic (exact) mass is 403 g/mol. The average molecular weight is 404 g/mol. The molecule has 3 N–H and O–H groups in total. The van der Waals surface area contributed by atoms with Crippen LogP contribution in [0.5, 0.6) is 5.75 Å². The number of aromatic hydroxyl groups is 1. The van der Waals surface area contributed by atoms with Crippen molar-refractivity contribution in [3.63, 3.8) is 0 Å². The van der Waals surface area contributed by atoms with E-state index in [2.05, 4.69) is 4.90 Å². The van der Waals surface area contributed by atoms with Gasteiger partial charge in [-0.15, -0.1) is 0 Å². The SMILES string of the molecule is CCOC(OCC)C(O)C(O)(c1ccccc1)c1ccc(N(CC)CC)cc1O. The summed E-state index contributed by atoms with van der Waals surface area (Å²) >= 11 is 0. The van der Waals surface area contributed by atoms with E-state index < -0.39 is 18.0 Å². The summed E-state index contributed by atoms with van der Waals surface area (Å²) in [6.07, 6.45) is -2.52. The van der Waals surface area contributed by atoms with E-state index in [1.807, 2.05) is 26.0 Å². The Labute approximate surface area is 173 Å². The van der Waals surface area contributed by atoms with Crippen LogP contribution in [0.4, 0.5) is 5.69 Å². The Kier molecular flexibility index (Phi) is 8.46. The quantitative estimate of drug-likeness (QED) is 0.500. The number of nitrogens with zero attached hydrogens (tertiary/aromatic N) is 1. The summed E-state index contributed by atoms with van der Waals surface area (Å²) in [5, 5.41) is 33.8. The predicted molar refractivity (Wildman–Crippen MR) is 114 cm³/mol. The lowest BCUT2D eigenvalue weighted by Gasteiger charge is -2.38. The van der Waals surface area contributed by atoms with Crippen molar-refractivity contribution in [1.29, 1.82) is 0 Å². The highest BCUT2D eigenvalue weighted by atomic mass is 16.7. The molecule has 0 aliphatic heterocycles. The zero-order chi connectivity index (χ0) is 21.4. The molecule has 0 aliphatic rings. The number of aliphatic hydroxyl groups is 2. The van der Waals surface area contributed by atoms with E-state index in [4.69, 9.17) is 9.47 Å². The highest BCUT2D eigenvalue weighted by Gasteiger charge is 2.46. The topological polar surface area (TPSA) is 82.4 Å². The minimum atomic E-state index is -1.93. The minimum absolute atomic E-state index is 0.105. The van der Waals surface area contributed by atoms with Crippen LogP contribution in [0.2, 0.25) is 0 Å². The minimum Gasteiger partial charge on any atom is -0.507 e. The van der Waals surface area contributed by atoms with Crippen LogP contribution in [0.1, 0.15) is 38.8 Å². The maximum absolute atomic E-state index is 11.8. The van der Waals surface area contributed by atoms with Gasteiger partial charge in [0.05, 0.1) is 0 Å². The molecule has 0 aromatic heterocycles. The molecule has 6 heteroatoms. The van der Waals surface area contributed by atoms with Crippen molar-refractivity contribution in [3.8, 4) is 5.75 Å². The predicted octanol–water partition coefficient (Wildman–Crippen LogP) is 3.23. The van der Waals surface area contributed by atoms with Crippen LogP contribution >= 0.6 is 0 Å². The van der Waals surface area contributed by atoms with Crippen LogP contribution in [0.3, 0.4) is 0 Å². The van der Waals surface area contributed by atoms with Gasteiger partial charge in [-0.2, -0.15) is 0 Å². The van der Waals surface area contributed by atoms with Crippen LogP contribution in [0, 0.1) is 0 Å². The molecule has 0 fully saturated rings. The smallest absolute Gasteiger partial charge is 0.186 e. The van der Waals surface area contributed by atoms with Gasteiger partial charge in [0.2, 0.25) is 0 Å². The van der Waals surface area contributed by atoms with E-state index in [0.29, 0.717) is 18.8 Å². The third kappa shape index (κ3) is 4.90. The van der Waals surface area contributed by atoms with E-state index in [1.165, 1.54) is 0 Å². The molecule has 0 spiro atoms. The highest BCUT2D eigenvalue weighted by molar-refractivity contribution is 5.56. The van der Waals surface area contributed by atoms with Crippen LogP contribution in [-0.4, -0.2) is 54.0 Å². The molecule has 29 heavy (non-hydrogen) atoms. The van der Waals surface area contributed by atoms with E-state index in [0.717, 1.165) is 18.8 Å². The number of anilines is 1. The number of ether oxygens (including phenoxy) is 2. The molecule has 2 unspecified atom stereocenters. The Hall–Kier alpha value is -2.12. The van der Waals surface area contributed by atoms with Crippen molar-refractivity contribution in [2.75, 3.05) is 31.2 Å². The first-order chi connectivity index (χ1) is 13.9. The molecular formula is C23H33NO5. The second kappa shape index (κ2) is 10.6. The molecular weight excluding hydrogens is 370 g/mol. The number of hydrogen-bond acceptors (Lipinski definition) is 6. The second-order valence-electron chi connectivity index (χ2n) is 6.73. The van der Waals surface area contributed by atoms with Crippen molar-refractivity contribution in [2.45, 2.75) is 45.7 Å². The van der Waals surface area contributed by atoms with Crippen LogP contribution in [-0.2, 0) is 15.1 Å². The normalized spacial score (nSPS) is 14.6. The molecule has 2 rings (SSSR count). The Morgan fingerprint density at radius 1 is 0.931 bits per heavy atom. The average Bonchev–Trinajstić information content (AvgIpc) is 2.74. The summed E-state index contributed by atoms with van der Waals surface area (Å²) in [5.41, 5.74) is -0.464. The van der Waals surface area contributed by atoms with E-state index >= 15 is 0 Å². The fraction of sp³-hybridized carbons (Fsp3) is 0.478. The zero-order valence-electron chi connectivity index (χ0n) is 17.7. The van der Waals surface area contributed by atoms with E-state index in [-0.39, 0.29) is 11.3 Å². The van der Waals surface area contributed by atoms with Gasteiger partial charge < -0.3 is 29.7 Å². The van der Waals surface area contributed by atoms with Gasteiger partial charge in [-0.3, -0.25) is 0 Å². The van der Waals surface area contributed by atoms with Crippen molar-refractivity contribution in [2.24, 2.45) is 0 Å². The first kappa shape index (κ1) is 23.2. The van der Waals surface area contributed by atoms with Crippen LogP contribution in [0.25, 0.3) is 0 Å². The molecule has 2 aromatic carbocycles. The van der Waals surface area contributed by atoms with Gasteiger partial charge in [0.1, 0.15) is 17.5 Å². The molecule has 0 heterocycles. The fourth-order valence-corrected chi connectivity index (χ4v) is 3.56. The van der Waals surface area contributed by atoms with Gasteiger partial charge >= 0.3 is 0 Å². The lowest BCUT2D eigenvalue weighted by Crippen LogP contribution is -2.49. The number of benzene rings is 2. The number of hydrogen-bond donors (Lipinski definition) is 3. The molecule has 2 aromatic rings. The Bertz CT molecular complexity index is 744. The van der Waals surface area contributed by atoms with Gasteiger partial charge in [0, 0.05) is 43.6 Å². The zero-order valence-corrected chi connectivity index (χ0v) is 17.7. The number of aliphatic hydroxyl groups excluding tert-OH is 1. The summed E-state index contributed by atoms with van der Waals surface area (Å²) in [4.78, 5) is 2.09. The van der Waals surface area contributed by atoms with Crippen molar-refractivity contribution in [1.82, 2.24) is 0 Å². The number of phenolic OH excluding ortho intramolecular Hbond substituents is 1. The fourth-order valence-electron chi connectivity index (χ4n) is 3.56. The molecule has 6 nitrogen and oxygen atoms in total. The molecule has 0 radical (unpaired) electrons. The largest absolute Gasteiger partial charge is 0.507 e. The summed E-state index contributed by atoms with van der Waals surface area (Å²) in [6.45, 7) is 9.84. The van der Waals surface area contributed by atoms with Gasteiger partial charge in [-0.1, -0.05) is 30.3 Å². The maximum Gasteiger partial charge on any atom is 0.186 e. The maximum atomic E-state index is 11.8. The van der Waals surface area contributed by atoms with Crippen molar-refractivity contribution >= 4 is 5.69 Å². The Balaban J connectivity index is 2.60. The molecule has 0 saturated heterocycles. The van der Waals surface area contributed by atoms with Gasteiger partial charge in [-0.05, 0) is 45.4 Å². The lowest BCUT2D eigenvalue weighted by molar-refractivity contribution is -0.230. The third-order valence-electron chi connectivity index (χ3n) is 5.08. The van der Waals surface area contributed by atoms with Gasteiger partial charge in [-0.25, -0.2) is 0 Å². The number of rotatable bonds is 11. The first-order valence-corrected chi connectivity index (χ1v) is 10.2. The van der Waals surface area contributed by atoms with E-state index in [1.54, 1.807) is 50.2 Å². The molecule has 160 valence electrons. The van der Waals surface area contributed by atoms with Gasteiger partial charge in [0.25, 0.3) is 0 Å². The Morgan fingerprint density at radius 3 is 2.00 bits per heavy atom. The number of phenols is 1. The van der Waals surface area contributed by atoms with Crippen molar-refractivity contribution < 1.29 is 24.8 Å². The highest BCUT2D eigenvalue weighted by Crippen LogP contribution is 2.41. The summed E-state index contributed by atoms with van der Waals surface area (Å²) in [6, 6.07) is 13.9. The summed E-state index contributed by atoms with van der Waals surface area (Å²) < 4.78 is 11.1. The molecule has 2 atom stereocenters.